The van der Waals surface area contributed by atoms with Crippen LogP contribution < -0.4 is 5.56 Å². The molecule has 3 rings (SSSR count). The number of fused-ring (bicyclic) bond motifs is 1. The van der Waals surface area contributed by atoms with Crippen molar-refractivity contribution in [1.82, 2.24) is 3.96 Å². The lowest BCUT2D eigenvalue weighted by atomic mass is 10.3. The van der Waals surface area contributed by atoms with Crippen LogP contribution in [0.2, 0.25) is 10.0 Å². The summed E-state index contributed by atoms with van der Waals surface area (Å²) in [7, 11) is 0. The summed E-state index contributed by atoms with van der Waals surface area (Å²) in [6, 6.07) is 12.6. The molecule has 0 unspecified atom stereocenters. The Balaban J connectivity index is 2.39. The lowest BCUT2D eigenvalue weighted by Gasteiger charge is -2.05. The van der Waals surface area contributed by atoms with Crippen LogP contribution in [0.1, 0.15) is 0 Å². The van der Waals surface area contributed by atoms with E-state index >= 15 is 0 Å². The highest BCUT2D eigenvalue weighted by atomic mass is 35.5. The second kappa shape index (κ2) is 4.43. The molecule has 1 heterocycles. The molecule has 0 aliphatic heterocycles. The first-order chi connectivity index (χ1) is 8.68. The minimum Gasteiger partial charge on any atom is -0.267 e. The van der Waals surface area contributed by atoms with Crippen molar-refractivity contribution in [3.05, 3.63) is 62.9 Å². The third-order valence-corrected chi connectivity index (χ3v) is 4.33. The van der Waals surface area contributed by atoms with Crippen molar-refractivity contribution < 1.29 is 0 Å². The van der Waals surface area contributed by atoms with Crippen molar-refractivity contribution in [2.45, 2.75) is 0 Å². The largest absolute Gasteiger partial charge is 0.273 e. The first-order valence-electron chi connectivity index (χ1n) is 5.24. The third-order valence-electron chi connectivity index (χ3n) is 2.63. The molecule has 0 atom stereocenters. The van der Waals surface area contributed by atoms with Crippen molar-refractivity contribution in [2.24, 2.45) is 0 Å². The predicted octanol–water partition coefficient (Wildman–Crippen LogP) is 4.36. The first kappa shape index (κ1) is 11.8. The Labute approximate surface area is 117 Å². The Kier molecular flexibility index (Phi) is 2.90. The van der Waals surface area contributed by atoms with Gasteiger partial charge in [0, 0.05) is 0 Å². The maximum absolute atomic E-state index is 12.3. The van der Waals surface area contributed by atoms with E-state index in [2.05, 4.69) is 0 Å². The van der Waals surface area contributed by atoms with E-state index in [1.807, 2.05) is 18.2 Å². The van der Waals surface area contributed by atoms with E-state index in [1.54, 1.807) is 24.3 Å². The standard InChI is InChI=1S/C13H7Cl2NOS/c14-9-5-3-6-10(15)12(9)16-13(17)8-4-1-2-7-11(8)18-16/h1-7H. The van der Waals surface area contributed by atoms with Crippen LogP contribution in [0.4, 0.5) is 0 Å². The van der Waals surface area contributed by atoms with Crippen LogP contribution in [0.5, 0.6) is 0 Å². The molecule has 0 saturated carbocycles. The number of rotatable bonds is 1. The summed E-state index contributed by atoms with van der Waals surface area (Å²) in [5.41, 5.74) is 0.456. The Hall–Kier alpha value is -1.29. The number of hydrogen-bond donors (Lipinski definition) is 0. The average Bonchev–Trinajstić information content (AvgIpc) is 2.68. The van der Waals surface area contributed by atoms with Crippen molar-refractivity contribution in [2.75, 3.05) is 0 Å². The lowest BCUT2D eigenvalue weighted by Crippen LogP contribution is -2.11. The molecule has 0 radical (unpaired) electrons. The van der Waals surface area contributed by atoms with Gasteiger partial charge in [-0.1, -0.05) is 52.9 Å². The molecule has 0 amide bonds. The molecule has 90 valence electrons. The number of benzene rings is 2. The van der Waals surface area contributed by atoms with E-state index in [0.717, 1.165) is 4.70 Å². The number of nitrogens with zero attached hydrogens (tertiary/aromatic N) is 1. The highest BCUT2D eigenvalue weighted by Gasteiger charge is 2.14. The van der Waals surface area contributed by atoms with Gasteiger partial charge in [-0.15, -0.1) is 0 Å². The van der Waals surface area contributed by atoms with Crippen LogP contribution in [0.15, 0.2) is 47.3 Å². The quantitative estimate of drug-likeness (QED) is 0.654. The third kappa shape index (κ3) is 1.75. The zero-order valence-corrected chi connectivity index (χ0v) is 11.4. The van der Waals surface area contributed by atoms with Gasteiger partial charge in [0.25, 0.3) is 5.56 Å². The Morgan fingerprint density at radius 3 is 2.28 bits per heavy atom. The van der Waals surface area contributed by atoms with Gasteiger partial charge in [0.15, 0.2) is 0 Å². The smallest absolute Gasteiger partial charge is 0.267 e. The van der Waals surface area contributed by atoms with Crippen LogP contribution in [0, 0.1) is 0 Å². The summed E-state index contributed by atoms with van der Waals surface area (Å²) in [5, 5.41) is 1.62. The Bertz CT molecular complexity index is 771. The minimum absolute atomic E-state index is 0.0920. The first-order valence-corrected chi connectivity index (χ1v) is 6.77. The number of hydrogen-bond acceptors (Lipinski definition) is 2. The van der Waals surface area contributed by atoms with Crippen LogP contribution in [0.3, 0.4) is 0 Å². The van der Waals surface area contributed by atoms with E-state index in [9.17, 15) is 4.79 Å². The molecular formula is C13H7Cl2NOS. The Morgan fingerprint density at radius 2 is 1.61 bits per heavy atom. The minimum atomic E-state index is -0.0920. The van der Waals surface area contributed by atoms with E-state index in [1.165, 1.54) is 15.5 Å². The number of para-hydroxylation sites is 1. The van der Waals surface area contributed by atoms with Gasteiger partial charge in [0.1, 0.15) is 0 Å². The number of aromatic nitrogens is 1. The van der Waals surface area contributed by atoms with Crippen LogP contribution >= 0.6 is 34.7 Å². The van der Waals surface area contributed by atoms with Crippen LogP contribution in [-0.2, 0) is 0 Å². The fourth-order valence-electron chi connectivity index (χ4n) is 1.80. The highest BCUT2D eigenvalue weighted by Crippen LogP contribution is 2.30. The zero-order chi connectivity index (χ0) is 12.7. The summed E-state index contributed by atoms with van der Waals surface area (Å²) >= 11 is 13.6. The van der Waals surface area contributed by atoms with Crippen molar-refractivity contribution in [1.29, 1.82) is 0 Å². The summed E-state index contributed by atoms with van der Waals surface area (Å²) in [6.07, 6.45) is 0. The molecule has 0 saturated heterocycles. The number of halogens is 2. The SMILES string of the molecule is O=c1c2ccccc2sn1-c1c(Cl)cccc1Cl. The summed E-state index contributed by atoms with van der Waals surface area (Å²) in [5.74, 6) is 0. The van der Waals surface area contributed by atoms with Gasteiger partial charge in [0.05, 0.1) is 25.8 Å². The van der Waals surface area contributed by atoms with Gasteiger partial charge in [-0.2, -0.15) is 0 Å². The second-order valence-electron chi connectivity index (χ2n) is 3.76. The van der Waals surface area contributed by atoms with Gasteiger partial charge in [-0.05, 0) is 24.3 Å². The molecule has 0 aliphatic carbocycles. The molecule has 2 aromatic carbocycles. The van der Waals surface area contributed by atoms with Gasteiger partial charge < -0.3 is 0 Å². The molecule has 0 N–H and O–H groups in total. The van der Waals surface area contributed by atoms with Crippen LogP contribution in [0.25, 0.3) is 15.8 Å². The van der Waals surface area contributed by atoms with Crippen molar-refractivity contribution in [3.63, 3.8) is 0 Å². The summed E-state index contributed by atoms with van der Waals surface area (Å²) in [4.78, 5) is 12.3. The maximum Gasteiger partial charge on any atom is 0.273 e. The topological polar surface area (TPSA) is 22.0 Å². The molecule has 5 heteroatoms. The maximum atomic E-state index is 12.3. The fourth-order valence-corrected chi connectivity index (χ4v) is 3.53. The molecule has 0 aliphatic rings. The van der Waals surface area contributed by atoms with Gasteiger partial charge in [0.2, 0.25) is 0 Å². The van der Waals surface area contributed by atoms with E-state index in [4.69, 9.17) is 23.2 Å². The fraction of sp³-hybridized carbons (Fsp3) is 0. The normalized spacial score (nSPS) is 11.0. The zero-order valence-electron chi connectivity index (χ0n) is 9.06. The molecule has 0 fully saturated rings. The lowest BCUT2D eigenvalue weighted by molar-refractivity contribution is 1.14. The van der Waals surface area contributed by atoms with E-state index < -0.39 is 0 Å². The molecule has 2 nitrogen and oxygen atoms in total. The van der Waals surface area contributed by atoms with Crippen LogP contribution in [-0.4, -0.2) is 3.96 Å². The molecule has 3 aromatic rings. The molecule has 18 heavy (non-hydrogen) atoms. The highest BCUT2D eigenvalue weighted by molar-refractivity contribution is 7.14. The van der Waals surface area contributed by atoms with Crippen molar-refractivity contribution in [3.8, 4) is 5.69 Å². The van der Waals surface area contributed by atoms with E-state index in [0.29, 0.717) is 21.1 Å². The average molecular weight is 296 g/mol. The molecular weight excluding hydrogens is 289 g/mol. The van der Waals surface area contributed by atoms with Gasteiger partial charge >= 0.3 is 0 Å². The molecule has 0 spiro atoms. The summed E-state index contributed by atoms with van der Waals surface area (Å²) in [6.45, 7) is 0. The predicted molar refractivity (Wildman–Crippen MR) is 77.4 cm³/mol. The van der Waals surface area contributed by atoms with Gasteiger partial charge in [-0.25, -0.2) is 3.96 Å². The molecule has 0 bridgehead atoms. The van der Waals surface area contributed by atoms with E-state index in [-0.39, 0.29) is 5.56 Å². The molecule has 1 aromatic heterocycles. The Morgan fingerprint density at radius 1 is 0.944 bits per heavy atom. The van der Waals surface area contributed by atoms with Crippen molar-refractivity contribution >= 4 is 44.8 Å². The second-order valence-corrected chi connectivity index (χ2v) is 5.56. The van der Waals surface area contributed by atoms with Gasteiger partial charge in [-0.3, -0.25) is 4.79 Å². The monoisotopic (exact) mass is 295 g/mol. The summed E-state index contributed by atoms with van der Waals surface area (Å²) < 4.78 is 2.45.